The highest BCUT2D eigenvalue weighted by Gasteiger charge is 2.23. The summed E-state index contributed by atoms with van der Waals surface area (Å²) in [5, 5.41) is 3.77. The van der Waals surface area contributed by atoms with Crippen molar-refractivity contribution in [3.8, 4) is 0 Å². The van der Waals surface area contributed by atoms with Crippen LogP contribution in [0.2, 0.25) is 0 Å². The van der Waals surface area contributed by atoms with Crippen LogP contribution in [0.4, 0.5) is 0 Å². The van der Waals surface area contributed by atoms with Crippen LogP contribution in [0.5, 0.6) is 0 Å². The van der Waals surface area contributed by atoms with Crippen LogP contribution in [0.25, 0.3) is 0 Å². The highest BCUT2D eigenvalue weighted by Crippen LogP contribution is 2.28. The lowest BCUT2D eigenvalue weighted by atomic mass is 9.81. The van der Waals surface area contributed by atoms with Crippen molar-refractivity contribution in [1.82, 2.24) is 5.32 Å². The maximum Gasteiger partial charge on any atom is 0.00673 e. The average molecular weight is 225 g/mol. The van der Waals surface area contributed by atoms with E-state index in [2.05, 4.69) is 39.9 Å². The maximum absolute atomic E-state index is 3.77. The van der Waals surface area contributed by atoms with Gasteiger partial charge in [-0.3, -0.25) is 0 Å². The monoisotopic (exact) mass is 225 g/mol. The van der Waals surface area contributed by atoms with Gasteiger partial charge in [0.1, 0.15) is 0 Å². The summed E-state index contributed by atoms with van der Waals surface area (Å²) in [4.78, 5) is 0. The Labute approximate surface area is 102 Å². The van der Waals surface area contributed by atoms with Crippen molar-refractivity contribution in [2.75, 3.05) is 6.54 Å². The van der Waals surface area contributed by atoms with E-state index >= 15 is 0 Å². The van der Waals surface area contributed by atoms with Gasteiger partial charge in [-0.05, 0) is 49.5 Å². The summed E-state index contributed by atoms with van der Waals surface area (Å²) in [7, 11) is 0. The van der Waals surface area contributed by atoms with Crippen LogP contribution in [0.3, 0.4) is 0 Å². The minimum atomic E-state index is 0.438. The van der Waals surface area contributed by atoms with Gasteiger partial charge < -0.3 is 5.32 Å². The van der Waals surface area contributed by atoms with E-state index in [1.54, 1.807) is 0 Å². The van der Waals surface area contributed by atoms with Gasteiger partial charge in [0.2, 0.25) is 0 Å². The molecule has 1 aliphatic rings. The smallest absolute Gasteiger partial charge is 0.00673 e. The zero-order valence-electron chi connectivity index (χ0n) is 12.0. The first-order valence-electron chi connectivity index (χ1n) is 7.16. The van der Waals surface area contributed by atoms with Gasteiger partial charge in [0.15, 0.2) is 0 Å². The minimum Gasteiger partial charge on any atom is -0.314 e. The molecule has 0 amide bonds. The molecule has 0 aromatic heterocycles. The van der Waals surface area contributed by atoms with Gasteiger partial charge in [0.25, 0.3) is 0 Å². The molecular formula is C15H31N. The lowest BCUT2D eigenvalue weighted by molar-refractivity contribution is 0.223. The molecule has 1 unspecified atom stereocenters. The summed E-state index contributed by atoms with van der Waals surface area (Å²) in [6, 6.07) is 0.799. The topological polar surface area (TPSA) is 12.0 Å². The van der Waals surface area contributed by atoms with Crippen molar-refractivity contribution in [2.24, 2.45) is 17.3 Å². The molecule has 0 aromatic rings. The Hall–Kier alpha value is -0.0400. The summed E-state index contributed by atoms with van der Waals surface area (Å²) in [5.41, 5.74) is 0.438. The predicted octanol–water partition coefficient (Wildman–Crippen LogP) is 4.23. The number of hydrogen-bond acceptors (Lipinski definition) is 1. The third kappa shape index (κ3) is 4.45. The molecule has 1 nitrogen and oxygen atoms in total. The van der Waals surface area contributed by atoms with Crippen molar-refractivity contribution >= 4 is 0 Å². The predicted molar refractivity (Wildman–Crippen MR) is 72.7 cm³/mol. The Morgan fingerprint density at radius 3 is 2.12 bits per heavy atom. The molecule has 0 radical (unpaired) electrons. The number of nitrogens with one attached hydrogen (secondary N) is 1. The average Bonchev–Trinajstić information content (AvgIpc) is 2.25. The van der Waals surface area contributed by atoms with Crippen molar-refractivity contribution in [1.29, 1.82) is 0 Å². The van der Waals surface area contributed by atoms with Crippen molar-refractivity contribution in [3.63, 3.8) is 0 Å². The highest BCUT2D eigenvalue weighted by molar-refractivity contribution is 4.79. The Bertz CT molecular complexity index is 184. The van der Waals surface area contributed by atoms with Gasteiger partial charge in [-0.2, -0.15) is 0 Å². The van der Waals surface area contributed by atoms with E-state index in [0.717, 1.165) is 17.9 Å². The molecular weight excluding hydrogens is 194 g/mol. The molecule has 1 rings (SSSR count). The lowest BCUT2D eigenvalue weighted by Gasteiger charge is -2.32. The second-order valence-electron chi connectivity index (χ2n) is 6.80. The third-order valence-corrected chi connectivity index (χ3v) is 4.62. The molecule has 0 heterocycles. The Morgan fingerprint density at radius 1 is 1.12 bits per heavy atom. The van der Waals surface area contributed by atoms with Gasteiger partial charge >= 0.3 is 0 Å². The first-order chi connectivity index (χ1) is 7.43. The summed E-state index contributed by atoms with van der Waals surface area (Å²) >= 11 is 0. The highest BCUT2D eigenvalue weighted by atomic mass is 14.9. The van der Waals surface area contributed by atoms with E-state index in [1.807, 2.05) is 0 Å². The normalized spacial score (nSPS) is 29.1. The molecule has 1 fully saturated rings. The van der Waals surface area contributed by atoms with Gasteiger partial charge in [-0.1, -0.05) is 41.0 Å². The van der Waals surface area contributed by atoms with E-state index < -0.39 is 0 Å². The summed E-state index contributed by atoms with van der Waals surface area (Å²) < 4.78 is 0. The van der Waals surface area contributed by atoms with E-state index in [0.29, 0.717) is 5.41 Å². The van der Waals surface area contributed by atoms with Gasteiger partial charge in [0.05, 0.1) is 0 Å². The van der Waals surface area contributed by atoms with E-state index in [-0.39, 0.29) is 0 Å². The largest absolute Gasteiger partial charge is 0.314 e. The van der Waals surface area contributed by atoms with Gasteiger partial charge in [-0.15, -0.1) is 0 Å². The summed E-state index contributed by atoms with van der Waals surface area (Å²) in [6.45, 7) is 12.9. The minimum absolute atomic E-state index is 0.438. The Morgan fingerprint density at radius 2 is 1.69 bits per heavy atom. The maximum atomic E-state index is 3.77. The molecule has 1 aliphatic carbocycles. The van der Waals surface area contributed by atoms with Crippen LogP contribution in [0, 0.1) is 17.3 Å². The fraction of sp³-hybridized carbons (Fsp3) is 1.00. The molecule has 16 heavy (non-hydrogen) atoms. The molecule has 1 heteroatoms. The molecule has 1 N–H and O–H groups in total. The summed E-state index contributed by atoms with van der Waals surface area (Å²) in [5.74, 6) is 1.77. The fourth-order valence-electron chi connectivity index (χ4n) is 2.42. The van der Waals surface area contributed by atoms with E-state index in [4.69, 9.17) is 0 Å². The Balaban J connectivity index is 2.20. The molecule has 0 aliphatic heterocycles. The molecule has 0 bridgehead atoms. The first kappa shape index (κ1) is 14.0. The van der Waals surface area contributed by atoms with Crippen molar-refractivity contribution in [2.45, 2.75) is 72.8 Å². The molecule has 0 aromatic carbocycles. The SMILES string of the molecule is CCC1CCC(NCC(C)C(C)(C)C)CC1. The van der Waals surface area contributed by atoms with E-state index in [1.165, 1.54) is 38.6 Å². The van der Waals surface area contributed by atoms with Gasteiger partial charge in [-0.25, -0.2) is 0 Å². The van der Waals surface area contributed by atoms with E-state index in [9.17, 15) is 0 Å². The quantitative estimate of drug-likeness (QED) is 0.755. The Kier molecular flexibility index (Phi) is 5.30. The zero-order valence-corrected chi connectivity index (χ0v) is 12.0. The van der Waals surface area contributed by atoms with Crippen molar-refractivity contribution < 1.29 is 0 Å². The second kappa shape index (κ2) is 6.05. The molecule has 0 saturated heterocycles. The molecule has 1 saturated carbocycles. The zero-order chi connectivity index (χ0) is 12.2. The van der Waals surface area contributed by atoms with Crippen LogP contribution in [0.1, 0.15) is 66.7 Å². The van der Waals surface area contributed by atoms with Crippen LogP contribution >= 0.6 is 0 Å². The van der Waals surface area contributed by atoms with Crippen LogP contribution < -0.4 is 5.32 Å². The second-order valence-corrected chi connectivity index (χ2v) is 6.80. The van der Waals surface area contributed by atoms with Crippen LogP contribution in [-0.2, 0) is 0 Å². The van der Waals surface area contributed by atoms with Crippen molar-refractivity contribution in [3.05, 3.63) is 0 Å². The number of hydrogen-bond donors (Lipinski definition) is 1. The third-order valence-electron chi connectivity index (χ3n) is 4.62. The molecule has 0 spiro atoms. The lowest BCUT2D eigenvalue weighted by Crippen LogP contribution is -2.38. The summed E-state index contributed by atoms with van der Waals surface area (Å²) in [6.07, 6.45) is 7.06. The molecule has 96 valence electrons. The standard InChI is InChI=1S/C15H31N/c1-6-13-7-9-14(10-8-13)16-11-12(2)15(3,4)5/h12-14,16H,6-11H2,1-5H3. The first-order valence-corrected chi connectivity index (χ1v) is 7.16. The van der Waals surface area contributed by atoms with Crippen LogP contribution in [-0.4, -0.2) is 12.6 Å². The molecule has 1 atom stereocenters. The fourth-order valence-corrected chi connectivity index (χ4v) is 2.42. The van der Waals surface area contributed by atoms with Crippen LogP contribution in [0.15, 0.2) is 0 Å². The van der Waals surface area contributed by atoms with Gasteiger partial charge in [0, 0.05) is 6.04 Å². The number of rotatable bonds is 4.